The van der Waals surface area contributed by atoms with Gasteiger partial charge in [0.1, 0.15) is 0 Å². The molecule has 0 saturated heterocycles. The molecule has 1 atom stereocenters. The van der Waals surface area contributed by atoms with Crippen LogP contribution in [0.15, 0.2) is 30.5 Å². The van der Waals surface area contributed by atoms with Gasteiger partial charge in [-0.3, -0.25) is 0 Å². The van der Waals surface area contributed by atoms with Crippen LogP contribution >= 0.6 is 0 Å². The number of hydrogen-bond donors (Lipinski definition) is 2. The fraction of sp³-hybridized carbons (Fsp3) is 0.273. The molecule has 68 valence electrons. The van der Waals surface area contributed by atoms with Gasteiger partial charge in [0, 0.05) is 17.8 Å². The van der Waals surface area contributed by atoms with Crippen LogP contribution in [0.4, 0.5) is 0 Å². The summed E-state index contributed by atoms with van der Waals surface area (Å²) in [4.78, 5) is 3.16. The number of fused-ring (bicyclic) bond motifs is 1. The zero-order valence-corrected chi connectivity index (χ0v) is 7.75. The largest absolute Gasteiger partial charge is 0.361 e. The number of aromatic nitrogens is 1. The van der Waals surface area contributed by atoms with Gasteiger partial charge in [-0.2, -0.15) is 0 Å². The van der Waals surface area contributed by atoms with Crippen molar-refractivity contribution in [3.63, 3.8) is 0 Å². The molecule has 2 aromatic rings. The molecule has 0 saturated carbocycles. The molecule has 2 nitrogen and oxygen atoms in total. The van der Waals surface area contributed by atoms with Gasteiger partial charge in [-0.25, -0.2) is 0 Å². The number of nitrogens with two attached hydrogens (primary N) is 1. The summed E-state index contributed by atoms with van der Waals surface area (Å²) < 4.78 is 0. The van der Waals surface area contributed by atoms with Crippen LogP contribution in [0.5, 0.6) is 0 Å². The van der Waals surface area contributed by atoms with Crippen LogP contribution in [0.25, 0.3) is 10.9 Å². The van der Waals surface area contributed by atoms with E-state index in [4.69, 9.17) is 5.73 Å². The van der Waals surface area contributed by atoms with Crippen LogP contribution in [-0.2, 0) is 0 Å². The van der Waals surface area contributed by atoms with E-state index in [9.17, 15) is 0 Å². The lowest BCUT2D eigenvalue weighted by molar-refractivity contribution is 0.700. The van der Waals surface area contributed by atoms with Crippen molar-refractivity contribution in [1.82, 2.24) is 4.98 Å². The van der Waals surface area contributed by atoms with Crippen LogP contribution in [-0.4, -0.2) is 4.98 Å². The Labute approximate surface area is 77.8 Å². The van der Waals surface area contributed by atoms with Crippen molar-refractivity contribution < 1.29 is 0 Å². The second-order valence-electron chi connectivity index (χ2n) is 3.34. The summed E-state index contributed by atoms with van der Waals surface area (Å²) in [6.45, 7) is 2.10. The second kappa shape index (κ2) is 3.23. The maximum absolute atomic E-state index is 5.94. The van der Waals surface area contributed by atoms with E-state index >= 15 is 0 Å². The molecular weight excluding hydrogens is 160 g/mol. The first kappa shape index (κ1) is 8.32. The molecule has 0 aliphatic heterocycles. The third kappa shape index (κ3) is 1.45. The normalized spacial score (nSPS) is 13.4. The molecule has 3 N–H and O–H groups in total. The van der Waals surface area contributed by atoms with Crippen molar-refractivity contribution in [2.75, 3.05) is 0 Å². The van der Waals surface area contributed by atoms with E-state index in [-0.39, 0.29) is 6.04 Å². The minimum atomic E-state index is 0.166. The smallest absolute Gasteiger partial charge is 0.0454 e. The van der Waals surface area contributed by atoms with Gasteiger partial charge in [0.15, 0.2) is 0 Å². The lowest BCUT2D eigenvalue weighted by Crippen LogP contribution is -2.07. The summed E-state index contributed by atoms with van der Waals surface area (Å²) in [5, 5.41) is 1.24. The molecule has 0 fully saturated rings. The quantitative estimate of drug-likeness (QED) is 0.722. The van der Waals surface area contributed by atoms with Gasteiger partial charge >= 0.3 is 0 Å². The first-order valence-electron chi connectivity index (χ1n) is 4.64. The molecule has 0 radical (unpaired) electrons. The van der Waals surface area contributed by atoms with Gasteiger partial charge in [0.2, 0.25) is 0 Å². The van der Waals surface area contributed by atoms with Crippen LogP contribution in [0.3, 0.4) is 0 Å². The predicted octanol–water partition coefficient (Wildman–Crippen LogP) is 2.58. The van der Waals surface area contributed by atoms with Crippen LogP contribution in [0, 0.1) is 0 Å². The average molecular weight is 174 g/mol. The van der Waals surface area contributed by atoms with Crippen molar-refractivity contribution in [1.29, 1.82) is 0 Å². The molecule has 0 bridgehead atoms. The standard InChI is InChI=1S/C11H14N2/c1-2-10(12)8-3-4-11-9(7-8)5-6-13-11/h3-7,10,13H,2,12H2,1H3/t10-/m1/s1. The molecule has 1 aromatic heterocycles. The van der Waals surface area contributed by atoms with Crippen molar-refractivity contribution in [2.24, 2.45) is 5.73 Å². The average Bonchev–Trinajstić information content (AvgIpc) is 2.63. The highest BCUT2D eigenvalue weighted by atomic mass is 14.7. The van der Waals surface area contributed by atoms with Crippen molar-refractivity contribution >= 4 is 10.9 Å². The Morgan fingerprint density at radius 2 is 2.23 bits per heavy atom. The van der Waals surface area contributed by atoms with Crippen molar-refractivity contribution in [3.8, 4) is 0 Å². The second-order valence-corrected chi connectivity index (χ2v) is 3.34. The van der Waals surface area contributed by atoms with Crippen LogP contribution < -0.4 is 5.73 Å². The molecular formula is C11H14N2. The summed E-state index contributed by atoms with van der Waals surface area (Å²) in [6.07, 6.45) is 2.93. The molecule has 0 amide bonds. The highest BCUT2D eigenvalue weighted by Gasteiger charge is 2.03. The van der Waals surface area contributed by atoms with Gasteiger partial charge in [0.05, 0.1) is 0 Å². The summed E-state index contributed by atoms with van der Waals surface area (Å²) in [7, 11) is 0. The number of hydrogen-bond acceptors (Lipinski definition) is 1. The molecule has 13 heavy (non-hydrogen) atoms. The van der Waals surface area contributed by atoms with Crippen molar-refractivity contribution in [3.05, 3.63) is 36.0 Å². The molecule has 1 heterocycles. The fourth-order valence-electron chi connectivity index (χ4n) is 1.54. The highest BCUT2D eigenvalue weighted by Crippen LogP contribution is 2.19. The zero-order valence-electron chi connectivity index (χ0n) is 7.75. The Kier molecular flexibility index (Phi) is 2.07. The van der Waals surface area contributed by atoms with E-state index in [0.717, 1.165) is 6.42 Å². The Morgan fingerprint density at radius 1 is 1.38 bits per heavy atom. The summed E-state index contributed by atoms with van der Waals surface area (Å²) >= 11 is 0. The minimum Gasteiger partial charge on any atom is -0.361 e. The molecule has 2 heteroatoms. The van der Waals surface area contributed by atoms with E-state index < -0.39 is 0 Å². The highest BCUT2D eigenvalue weighted by molar-refractivity contribution is 5.80. The molecule has 0 spiro atoms. The zero-order chi connectivity index (χ0) is 9.26. The van der Waals surface area contributed by atoms with E-state index in [1.807, 2.05) is 6.20 Å². The predicted molar refractivity (Wildman–Crippen MR) is 55.5 cm³/mol. The number of benzene rings is 1. The number of H-pyrrole nitrogens is 1. The Balaban J connectivity index is 2.48. The fourth-order valence-corrected chi connectivity index (χ4v) is 1.54. The topological polar surface area (TPSA) is 41.8 Å². The molecule has 0 unspecified atom stereocenters. The SMILES string of the molecule is CC[C@@H](N)c1ccc2[nH]ccc2c1. The van der Waals surface area contributed by atoms with Gasteiger partial charge < -0.3 is 10.7 Å². The lowest BCUT2D eigenvalue weighted by atomic mass is 10.0. The van der Waals surface area contributed by atoms with Crippen molar-refractivity contribution in [2.45, 2.75) is 19.4 Å². The third-order valence-electron chi connectivity index (χ3n) is 2.45. The van der Waals surface area contributed by atoms with Gasteiger partial charge in [-0.1, -0.05) is 13.0 Å². The van der Waals surface area contributed by atoms with Crippen LogP contribution in [0.1, 0.15) is 24.9 Å². The number of nitrogens with one attached hydrogen (secondary N) is 1. The summed E-state index contributed by atoms with van der Waals surface area (Å²) in [5.74, 6) is 0. The molecule has 1 aromatic carbocycles. The van der Waals surface area contributed by atoms with E-state index in [1.165, 1.54) is 16.5 Å². The number of aromatic amines is 1. The Morgan fingerprint density at radius 3 is 3.00 bits per heavy atom. The third-order valence-corrected chi connectivity index (χ3v) is 2.45. The minimum absolute atomic E-state index is 0.166. The molecule has 0 aliphatic rings. The Bertz CT molecular complexity index is 403. The van der Waals surface area contributed by atoms with Gasteiger partial charge in [0.25, 0.3) is 0 Å². The first-order chi connectivity index (χ1) is 6.31. The maximum atomic E-state index is 5.94. The maximum Gasteiger partial charge on any atom is 0.0454 e. The molecule has 0 aliphatic carbocycles. The van der Waals surface area contributed by atoms with E-state index in [1.54, 1.807) is 0 Å². The van der Waals surface area contributed by atoms with Gasteiger partial charge in [-0.15, -0.1) is 0 Å². The van der Waals surface area contributed by atoms with Crippen LogP contribution in [0.2, 0.25) is 0 Å². The first-order valence-corrected chi connectivity index (χ1v) is 4.64. The summed E-state index contributed by atoms with van der Waals surface area (Å²) in [5.41, 5.74) is 8.33. The van der Waals surface area contributed by atoms with Gasteiger partial charge in [-0.05, 0) is 35.6 Å². The lowest BCUT2D eigenvalue weighted by Gasteiger charge is -2.08. The monoisotopic (exact) mass is 174 g/mol. The Hall–Kier alpha value is -1.28. The van der Waals surface area contributed by atoms with E-state index in [0.29, 0.717) is 0 Å². The van der Waals surface area contributed by atoms with E-state index in [2.05, 4.69) is 36.2 Å². The molecule has 2 rings (SSSR count). The summed E-state index contributed by atoms with van der Waals surface area (Å²) in [6, 6.07) is 8.56. The number of rotatable bonds is 2.